The predicted molar refractivity (Wildman–Crippen MR) is 165 cm³/mol. The Kier molecular flexibility index (Phi) is 13.5. The van der Waals surface area contributed by atoms with Crippen LogP contribution in [-0.2, 0) is 40.2 Å². The van der Waals surface area contributed by atoms with Gasteiger partial charge in [-0.1, -0.05) is 67.8 Å². The van der Waals surface area contributed by atoms with E-state index in [1.54, 1.807) is 6.92 Å². The van der Waals surface area contributed by atoms with Gasteiger partial charge in [0, 0.05) is 17.8 Å². The zero-order valence-corrected chi connectivity index (χ0v) is 25.9. The third-order valence-electron chi connectivity index (χ3n) is 7.89. The van der Waals surface area contributed by atoms with Crippen LogP contribution < -0.4 is 10.6 Å². The van der Waals surface area contributed by atoms with E-state index in [0.717, 1.165) is 57.1 Å². The summed E-state index contributed by atoms with van der Waals surface area (Å²) in [6.07, 6.45) is 6.87. The van der Waals surface area contributed by atoms with Crippen molar-refractivity contribution in [3.8, 4) is 0 Å². The number of nitrogens with one attached hydrogen (secondary N) is 2. The van der Waals surface area contributed by atoms with Gasteiger partial charge in [0.15, 0.2) is 12.8 Å². The smallest absolute Gasteiger partial charge is 0.409 e. The van der Waals surface area contributed by atoms with Crippen molar-refractivity contribution in [2.45, 2.75) is 90.1 Å². The zero-order valence-electron chi connectivity index (χ0n) is 25.9. The van der Waals surface area contributed by atoms with Crippen LogP contribution in [0.5, 0.6) is 0 Å². The molecule has 2 fully saturated rings. The lowest BCUT2D eigenvalue weighted by molar-refractivity contribution is -0.510. The van der Waals surface area contributed by atoms with E-state index in [9.17, 15) is 9.59 Å². The van der Waals surface area contributed by atoms with E-state index in [1.807, 2.05) is 0 Å². The number of esters is 1. The zero-order chi connectivity index (χ0) is 31.1. The molecule has 0 bridgehead atoms. The molecule has 0 radical (unpaired) electrons. The number of amides is 1. The van der Waals surface area contributed by atoms with Crippen LogP contribution in [0.15, 0.2) is 60.7 Å². The summed E-state index contributed by atoms with van der Waals surface area (Å²) in [5.74, 6) is 0.0154. The summed E-state index contributed by atoms with van der Waals surface area (Å²) in [6, 6.07) is 17.0. The summed E-state index contributed by atoms with van der Waals surface area (Å²) < 4.78 is 10.3. The first kappa shape index (κ1) is 33.5. The van der Waals surface area contributed by atoms with Gasteiger partial charge in [-0.15, -0.1) is 0 Å². The number of benzene rings is 2. The Morgan fingerprint density at radius 3 is 2.39 bits per heavy atom. The van der Waals surface area contributed by atoms with Gasteiger partial charge in [0.05, 0.1) is 12.7 Å². The van der Waals surface area contributed by atoms with Gasteiger partial charge in [0.2, 0.25) is 0 Å². The molecule has 1 aliphatic heterocycles. The first-order valence-electron chi connectivity index (χ1n) is 15.6. The molecule has 1 aliphatic carbocycles. The minimum absolute atomic E-state index is 0.0982. The molecule has 10 nitrogen and oxygen atoms in total. The van der Waals surface area contributed by atoms with E-state index in [-0.39, 0.29) is 25.5 Å². The molecule has 10 heteroatoms. The van der Waals surface area contributed by atoms with Crippen LogP contribution >= 0.6 is 0 Å². The monoisotopic (exact) mass is 610 g/mol. The highest BCUT2D eigenvalue weighted by Crippen LogP contribution is 2.33. The average Bonchev–Trinajstić information content (AvgIpc) is 3.46. The molecule has 0 spiro atoms. The third-order valence-corrected chi connectivity index (χ3v) is 7.89. The number of aryl methyl sites for hydroxylation is 1. The Bertz CT molecular complexity index is 1190. The SMILES string of the molecule is C=C(C)C(=O)OCCCNC(=O)OC1OOC1CCCCC1CCCC1OOCNc1ccc(Cc2ccc(C)cc2)cc1. The van der Waals surface area contributed by atoms with E-state index >= 15 is 0 Å². The summed E-state index contributed by atoms with van der Waals surface area (Å²) >= 11 is 0. The fraction of sp³-hybridized carbons (Fsp3) is 0.529. The lowest BCUT2D eigenvalue weighted by Gasteiger charge is -2.33. The molecule has 1 saturated heterocycles. The summed E-state index contributed by atoms with van der Waals surface area (Å²) in [5, 5.41) is 5.88. The molecule has 44 heavy (non-hydrogen) atoms. The van der Waals surface area contributed by atoms with Gasteiger partial charge >= 0.3 is 12.1 Å². The predicted octanol–water partition coefficient (Wildman–Crippen LogP) is 6.52. The van der Waals surface area contributed by atoms with Crippen molar-refractivity contribution >= 4 is 17.7 Å². The van der Waals surface area contributed by atoms with Gasteiger partial charge in [-0.25, -0.2) is 24.3 Å². The Balaban J connectivity index is 1.02. The van der Waals surface area contributed by atoms with Crippen LogP contribution in [0.3, 0.4) is 0 Å². The maximum Gasteiger partial charge on any atom is 0.409 e. The Morgan fingerprint density at radius 1 is 0.955 bits per heavy atom. The highest BCUT2D eigenvalue weighted by molar-refractivity contribution is 5.86. The van der Waals surface area contributed by atoms with Crippen molar-refractivity contribution in [2.24, 2.45) is 5.92 Å². The first-order valence-corrected chi connectivity index (χ1v) is 15.6. The Labute approximate surface area is 260 Å². The third kappa shape index (κ3) is 11.2. The Morgan fingerprint density at radius 2 is 1.68 bits per heavy atom. The minimum Gasteiger partial charge on any atom is -0.462 e. The van der Waals surface area contributed by atoms with Crippen LogP contribution in [0.25, 0.3) is 0 Å². The van der Waals surface area contributed by atoms with Crippen molar-refractivity contribution in [3.05, 3.63) is 77.4 Å². The number of rotatable bonds is 18. The van der Waals surface area contributed by atoms with Gasteiger partial charge in [-0.05, 0) is 81.5 Å². The van der Waals surface area contributed by atoms with Crippen molar-refractivity contribution in [1.82, 2.24) is 5.32 Å². The molecular weight excluding hydrogens is 564 g/mol. The molecule has 4 rings (SSSR count). The normalized spacial score (nSPS) is 20.9. The molecule has 2 N–H and O–H groups in total. The van der Waals surface area contributed by atoms with Gasteiger partial charge in [0.25, 0.3) is 6.29 Å². The Hall–Kier alpha value is -3.44. The molecule has 1 heterocycles. The van der Waals surface area contributed by atoms with E-state index in [4.69, 9.17) is 29.0 Å². The van der Waals surface area contributed by atoms with Crippen LogP contribution in [0.1, 0.15) is 75.0 Å². The van der Waals surface area contributed by atoms with Gasteiger partial charge in [0.1, 0.15) is 0 Å². The summed E-state index contributed by atoms with van der Waals surface area (Å²) in [4.78, 5) is 44.8. The number of unbranched alkanes of at least 4 members (excludes halogenated alkanes) is 1. The molecule has 2 aromatic carbocycles. The van der Waals surface area contributed by atoms with E-state index in [0.29, 0.717) is 24.5 Å². The lowest BCUT2D eigenvalue weighted by atomic mass is 9.97. The minimum atomic E-state index is -0.718. The van der Waals surface area contributed by atoms with Gasteiger partial charge in [-0.3, -0.25) is 0 Å². The highest BCUT2D eigenvalue weighted by Gasteiger charge is 2.38. The summed E-state index contributed by atoms with van der Waals surface area (Å²) in [5.41, 5.74) is 5.17. The molecule has 4 unspecified atom stereocenters. The lowest BCUT2D eigenvalue weighted by Crippen LogP contribution is -2.47. The number of alkyl carbamates (subject to hydrolysis) is 1. The number of anilines is 1. The van der Waals surface area contributed by atoms with Crippen molar-refractivity contribution < 1.29 is 38.6 Å². The molecular formula is C34H46N2O8. The fourth-order valence-corrected chi connectivity index (χ4v) is 5.29. The van der Waals surface area contributed by atoms with Crippen molar-refractivity contribution in [3.63, 3.8) is 0 Å². The quantitative estimate of drug-likeness (QED) is 0.0486. The van der Waals surface area contributed by atoms with Crippen LogP contribution in [-0.4, -0.2) is 50.4 Å². The van der Waals surface area contributed by atoms with E-state index < -0.39 is 18.4 Å². The van der Waals surface area contributed by atoms with Crippen LogP contribution in [0.2, 0.25) is 0 Å². The number of hydrogen-bond acceptors (Lipinski definition) is 9. The fourth-order valence-electron chi connectivity index (χ4n) is 5.29. The maximum absolute atomic E-state index is 12.0. The molecule has 2 aromatic rings. The number of carbonyl (C=O) groups excluding carboxylic acids is 2. The van der Waals surface area contributed by atoms with E-state index in [1.165, 1.54) is 16.7 Å². The topological polar surface area (TPSA) is 114 Å². The number of carbonyl (C=O) groups is 2. The molecule has 0 aromatic heterocycles. The standard InChI is InChI=1S/C34H46N2O8/c1-24(2)32(37)39-21-7-20-35-34(38)41-33-31(43-44-33)10-5-4-8-28-9-6-11-30(28)42-40-23-36-29-18-16-27(17-19-29)22-26-14-12-25(3)13-15-26/h12-19,28,30-31,33,36H,1,4-11,20-23H2,2-3H3,(H,35,38). The molecule has 1 saturated carbocycles. The largest absolute Gasteiger partial charge is 0.462 e. The van der Waals surface area contributed by atoms with Gasteiger partial charge in [-0.2, -0.15) is 4.89 Å². The molecule has 2 aliphatic rings. The summed E-state index contributed by atoms with van der Waals surface area (Å²) in [7, 11) is 0. The number of hydrogen-bond donors (Lipinski definition) is 2. The second kappa shape index (κ2) is 17.8. The van der Waals surface area contributed by atoms with Crippen LogP contribution in [0.4, 0.5) is 10.5 Å². The number of ether oxygens (including phenoxy) is 2. The van der Waals surface area contributed by atoms with Crippen LogP contribution in [0, 0.1) is 12.8 Å². The summed E-state index contributed by atoms with van der Waals surface area (Å²) in [6.45, 7) is 8.00. The highest BCUT2D eigenvalue weighted by atomic mass is 17.3. The van der Waals surface area contributed by atoms with E-state index in [2.05, 4.69) is 72.7 Å². The molecule has 1 amide bonds. The first-order chi connectivity index (χ1) is 21.4. The molecule has 240 valence electrons. The second-order valence-electron chi connectivity index (χ2n) is 11.6. The maximum atomic E-state index is 12.0. The average molecular weight is 611 g/mol. The van der Waals surface area contributed by atoms with Crippen molar-refractivity contribution in [2.75, 3.05) is 25.2 Å². The molecule has 4 atom stereocenters. The van der Waals surface area contributed by atoms with Gasteiger partial charge < -0.3 is 20.1 Å². The second-order valence-corrected chi connectivity index (χ2v) is 11.6. The van der Waals surface area contributed by atoms with Crippen molar-refractivity contribution in [1.29, 1.82) is 0 Å².